The molecule has 1 atom stereocenters. The molecule has 66 valence electrons. The van der Waals surface area contributed by atoms with Gasteiger partial charge in [0.05, 0.1) is 5.60 Å². The highest BCUT2D eigenvalue weighted by Crippen LogP contribution is 2.30. The van der Waals surface area contributed by atoms with E-state index < -0.39 is 0 Å². The van der Waals surface area contributed by atoms with Crippen LogP contribution in [0.2, 0.25) is 0 Å². The smallest absolute Gasteiger partial charge is 0.0692 e. The molecule has 0 spiro atoms. The molecule has 0 radical (unpaired) electrons. The predicted molar refractivity (Wildman–Crippen MR) is 46.5 cm³/mol. The van der Waals surface area contributed by atoms with E-state index in [9.17, 15) is 0 Å². The van der Waals surface area contributed by atoms with Gasteiger partial charge in [-0.25, -0.2) is 0 Å². The fourth-order valence-electron chi connectivity index (χ4n) is 1.81. The van der Waals surface area contributed by atoms with E-state index in [-0.39, 0.29) is 5.60 Å². The van der Waals surface area contributed by atoms with Crippen LogP contribution >= 0.6 is 0 Å². The van der Waals surface area contributed by atoms with Crippen molar-refractivity contribution < 1.29 is 4.74 Å². The second kappa shape index (κ2) is 3.55. The van der Waals surface area contributed by atoms with Gasteiger partial charge in [0.2, 0.25) is 0 Å². The number of nitrogens with two attached hydrogens (primary N) is 1. The lowest BCUT2D eigenvalue weighted by molar-refractivity contribution is -0.0887. The van der Waals surface area contributed by atoms with Crippen LogP contribution in [0.1, 0.15) is 39.5 Å². The maximum absolute atomic E-state index is 5.88. The van der Waals surface area contributed by atoms with E-state index in [2.05, 4.69) is 13.8 Å². The zero-order valence-corrected chi connectivity index (χ0v) is 7.60. The molecule has 0 saturated carbocycles. The first-order valence-electron chi connectivity index (χ1n) is 4.62. The first-order chi connectivity index (χ1) is 5.22. The molecule has 0 aromatic heterocycles. The summed E-state index contributed by atoms with van der Waals surface area (Å²) in [7, 11) is 0. The third-order valence-electron chi connectivity index (χ3n) is 2.82. The van der Waals surface area contributed by atoms with E-state index in [1.54, 1.807) is 0 Å². The quantitative estimate of drug-likeness (QED) is 0.662. The minimum Gasteiger partial charge on any atom is -0.375 e. The highest BCUT2D eigenvalue weighted by molar-refractivity contribution is 4.86. The lowest BCUT2D eigenvalue weighted by Gasteiger charge is -2.38. The van der Waals surface area contributed by atoms with Gasteiger partial charge in [0.1, 0.15) is 0 Å². The first-order valence-corrected chi connectivity index (χ1v) is 4.62. The second-order valence-corrected chi connectivity index (χ2v) is 3.49. The molecule has 2 heteroatoms. The Morgan fingerprint density at radius 3 is 2.45 bits per heavy atom. The fraction of sp³-hybridized carbons (Fsp3) is 1.00. The van der Waals surface area contributed by atoms with Gasteiger partial charge in [0.25, 0.3) is 0 Å². The molecule has 1 fully saturated rings. The lowest BCUT2D eigenvalue weighted by atomic mass is 9.86. The first kappa shape index (κ1) is 9.01. The normalized spacial score (nSPS) is 30.3. The predicted octanol–water partition coefficient (Wildman–Crippen LogP) is 1.68. The summed E-state index contributed by atoms with van der Waals surface area (Å²) in [5.41, 5.74) is 5.99. The Morgan fingerprint density at radius 2 is 2.09 bits per heavy atom. The standard InChI is InChI=1S/C9H19NO/c1-3-9(4-2)7-8(10)5-6-11-9/h8H,3-7,10H2,1-2H3. The number of hydrogen-bond acceptors (Lipinski definition) is 2. The topological polar surface area (TPSA) is 35.2 Å². The Kier molecular flexibility index (Phi) is 2.90. The minimum atomic E-state index is 0.109. The summed E-state index contributed by atoms with van der Waals surface area (Å²) in [6.07, 6.45) is 4.26. The summed E-state index contributed by atoms with van der Waals surface area (Å²) >= 11 is 0. The number of rotatable bonds is 2. The van der Waals surface area contributed by atoms with Gasteiger partial charge >= 0.3 is 0 Å². The molecule has 0 aromatic rings. The van der Waals surface area contributed by atoms with Crippen molar-refractivity contribution in [3.8, 4) is 0 Å². The minimum absolute atomic E-state index is 0.109. The Morgan fingerprint density at radius 1 is 1.45 bits per heavy atom. The van der Waals surface area contributed by atoms with Gasteiger partial charge in [-0.2, -0.15) is 0 Å². The van der Waals surface area contributed by atoms with E-state index in [0.717, 1.165) is 32.3 Å². The molecular weight excluding hydrogens is 138 g/mol. The third-order valence-corrected chi connectivity index (χ3v) is 2.82. The van der Waals surface area contributed by atoms with E-state index in [0.29, 0.717) is 6.04 Å². The molecule has 1 saturated heterocycles. The van der Waals surface area contributed by atoms with Crippen LogP contribution < -0.4 is 5.73 Å². The summed E-state index contributed by atoms with van der Waals surface area (Å²) in [5.74, 6) is 0. The molecule has 0 aromatic carbocycles. The summed E-state index contributed by atoms with van der Waals surface area (Å²) in [4.78, 5) is 0. The van der Waals surface area contributed by atoms with Crippen LogP contribution in [-0.4, -0.2) is 18.2 Å². The molecule has 1 heterocycles. The molecule has 11 heavy (non-hydrogen) atoms. The maximum atomic E-state index is 5.88. The third kappa shape index (κ3) is 1.94. The summed E-state index contributed by atoms with van der Waals surface area (Å²) < 4.78 is 5.75. The van der Waals surface area contributed by atoms with E-state index >= 15 is 0 Å². The zero-order valence-electron chi connectivity index (χ0n) is 7.60. The van der Waals surface area contributed by atoms with Crippen LogP contribution in [0.25, 0.3) is 0 Å². The Hall–Kier alpha value is -0.0800. The molecule has 2 nitrogen and oxygen atoms in total. The van der Waals surface area contributed by atoms with Crippen LogP contribution in [0.5, 0.6) is 0 Å². The van der Waals surface area contributed by atoms with Gasteiger partial charge in [0.15, 0.2) is 0 Å². The Balaban J connectivity index is 2.52. The van der Waals surface area contributed by atoms with Crippen molar-refractivity contribution in [1.82, 2.24) is 0 Å². The zero-order chi connectivity index (χ0) is 8.32. The average Bonchev–Trinajstić information content (AvgIpc) is 2.04. The molecule has 1 aliphatic rings. The van der Waals surface area contributed by atoms with Gasteiger partial charge in [-0.05, 0) is 25.7 Å². The summed E-state index contributed by atoms with van der Waals surface area (Å²) in [6.45, 7) is 5.21. The molecule has 1 rings (SSSR count). The number of ether oxygens (including phenoxy) is 1. The highest BCUT2D eigenvalue weighted by Gasteiger charge is 2.32. The van der Waals surface area contributed by atoms with Crippen molar-refractivity contribution in [3.63, 3.8) is 0 Å². The Bertz CT molecular complexity index is 121. The van der Waals surface area contributed by atoms with Crippen LogP contribution in [0.3, 0.4) is 0 Å². The van der Waals surface area contributed by atoms with Gasteiger partial charge in [-0.3, -0.25) is 0 Å². The van der Waals surface area contributed by atoms with E-state index in [1.165, 1.54) is 0 Å². The fourth-order valence-corrected chi connectivity index (χ4v) is 1.81. The van der Waals surface area contributed by atoms with Crippen molar-refractivity contribution in [2.45, 2.75) is 51.2 Å². The van der Waals surface area contributed by atoms with Crippen LogP contribution in [0, 0.1) is 0 Å². The molecular formula is C9H19NO. The maximum Gasteiger partial charge on any atom is 0.0692 e. The molecule has 0 amide bonds. The van der Waals surface area contributed by atoms with Crippen molar-refractivity contribution in [1.29, 1.82) is 0 Å². The van der Waals surface area contributed by atoms with Gasteiger partial charge < -0.3 is 10.5 Å². The van der Waals surface area contributed by atoms with Gasteiger partial charge in [-0.1, -0.05) is 13.8 Å². The largest absolute Gasteiger partial charge is 0.375 e. The molecule has 1 unspecified atom stereocenters. The molecule has 0 bridgehead atoms. The SMILES string of the molecule is CCC1(CC)CC(N)CCO1. The summed E-state index contributed by atoms with van der Waals surface area (Å²) in [6, 6.07) is 0.364. The molecule has 1 aliphatic heterocycles. The van der Waals surface area contributed by atoms with Crippen molar-refractivity contribution >= 4 is 0 Å². The second-order valence-electron chi connectivity index (χ2n) is 3.49. The highest BCUT2D eigenvalue weighted by atomic mass is 16.5. The van der Waals surface area contributed by atoms with Gasteiger partial charge in [0, 0.05) is 12.6 Å². The van der Waals surface area contributed by atoms with Crippen molar-refractivity contribution in [2.75, 3.05) is 6.61 Å². The van der Waals surface area contributed by atoms with Crippen LogP contribution in [-0.2, 0) is 4.74 Å². The average molecular weight is 157 g/mol. The molecule has 2 N–H and O–H groups in total. The van der Waals surface area contributed by atoms with E-state index in [4.69, 9.17) is 10.5 Å². The van der Waals surface area contributed by atoms with Crippen LogP contribution in [0.15, 0.2) is 0 Å². The number of hydrogen-bond donors (Lipinski definition) is 1. The molecule has 0 aliphatic carbocycles. The van der Waals surface area contributed by atoms with E-state index in [1.807, 2.05) is 0 Å². The van der Waals surface area contributed by atoms with Crippen molar-refractivity contribution in [3.05, 3.63) is 0 Å². The summed E-state index contributed by atoms with van der Waals surface area (Å²) in [5, 5.41) is 0. The Labute approximate surface area is 69.1 Å². The lowest BCUT2D eigenvalue weighted by Crippen LogP contribution is -2.44. The van der Waals surface area contributed by atoms with Crippen LogP contribution in [0.4, 0.5) is 0 Å². The van der Waals surface area contributed by atoms with Gasteiger partial charge in [-0.15, -0.1) is 0 Å². The monoisotopic (exact) mass is 157 g/mol. The van der Waals surface area contributed by atoms with Crippen molar-refractivity contribution in [2.24, 2.45) is 5.73 Å².